The largest absolute Gasteiger partial charge is 0.457 e. The third kappa shape index (κ3) is 3.06. The molecule has 0 aromatic heterocycles. The second-order valence-electron chi connectivity index (χ2n) is 6.13. The number of primary amides is 1. The normalized spacial score (nSPS) is 18.5. The molecule has 1 aliphatic heterocycles. The molecule has 0 spiro atoms. The quantitative estimate of drug-likeness (QED) is 0.867. The molecular weight excluding hydrogens is 342 g/mol. The van der Waals surface area contributed by atoms with Crippen LogP contribution in [0.15, 0.2) is 47.4 Å². The molecule has 2 aliphatic rings. The van der Waals surface area contributed by atoms with Gasteiger partial charge in [-0.3, -0.25) is 4.79 Å². The highest BCUT2D eigenvalue weighted by Crippen LogP contribution is 2.39. The average molecular weight is 359 g/mol. The van der Waals surface area contributed by atoms with Crippen LogP contribution in [0.25, 0.3) is 0 Å². The predicted octanol–water partition coefficient (Wildman–Crippen LogP) is 1.80. The van der Waals surface area contributed by atoms with Crippen LogP contribution in [-0.2, 0) is 10.0 Å². The Morgan fingerprint density at radius 3 is 2.64 bits per heavy atom. The Morgan fingerprint density at radius 1 is 1.16 bits per heavy atom. The molecule has 0 radical (unpaired) electrons. The smallest absolute Gasteiger partial charge is 0.248 e. The van der Waals surface area contributed by atoms with E-state index in [2.05, 4.69) is 9.62 Å². The van der Waals surface area contributed by atoms with Gasteiger partial charge in [0.15, 0.2) is 0 Å². The van der Waals surface area contributed by atoms with Crippen LogP contribution in [-0.4, -0.2) is 27.0 Å². The van der Waals surface area contributed by atoms with Gasteiger partial charge in [-0.25, -0.2) is 8.42 Å². The molecule has 8 heteroatoms. The second-order valence-corrected chi connectivity index (χ2v) is 7.87. The number of benzene rings is 2. The van der Waals surface area contributed by atoms with E-state index in [-0.39, 0.29) is 4.90 Å². The first kappa shape index (κ1) is 15.9. The van der Waals surface area contributed by atoms with Crippen molar-refractivity contribution in [2.75, 3.05) is 11.6 Å². The van der Waals surface area contributed by atoms with E-state index in [9.17, 15) is 13.2 Å². The molecule has 0 unspecified atom stereocenters. The molecular formula is C17H17N3O4S. The molecule has 0 atom stereocenters. The number of rotatable bonds is 4. The molecule has 1 fully saturated rings. The molecule has 1 amide bonds. The van der Waals surface area contributed by atoms with Gasteiger partial charge in [-0.2, -0.15) is 4.72 Å². The van der Waals surface area contributed by atoms with Gasteiger partial charge >= 0.3 is 0 Å². The average Bonchev–Trinajstić information content (AvgIpc) is 3.40. The second kappa shape index (κ2) is 5.75. The number of anilines is 1. The summed E-state index contributed by atoms with van der Waals surface area (Å²) in [6.45, 7) is 0.293. The van der Waals surface area contributed by atoms with Crippen LogP contribution in [0.1, 0.15) is 23.2 Å². The number of carbonyl (C=O) groups is 1. The summed E-state index contributed by atoms with van der Waals surface area (Å²) in [6.07, 6.45) is 2.14. The van der Waals surface area contributed by atoms with Gasteiger partial charge in [0.1, 0.15) is 16.4 Å². The lowest BCUT2D eigenvalue weighted by Gasteiger charge is -2.31. The molecule has 1 aliphatic carbocycles. The highest BCUT2D eigenvalue weighted by atomic mass is 32.2. The van der Waals surface area contributed by atoms with Crippen molar-refractivity contribution in [3.05, 3.63) is 48.0 Å². The zero-order valence-electron chi connectivity index (χ0n) is 13.3. The van der Waals surface area contributed by atoms with Crippen molar-refractivity contribution >= 4 is 21.6 Å². The number of nitrogens with zero attached hydrogens (tertiary/aromatic N) is 1. The molecule has 0 bridgehead atoms. The minimum atomic E-state index is -3.56. The molecule has 3 N–H and O–H groups in total. The summed E-state index contributed by atoms with van der Waals surface area (Å²) < 4.78 is 33.0. The van der Waals surface area contributed by atoms with Crippen LogP contribution in [0, 0.1) is 0 Å². The summed E-state index contributed by atoms with van der Waals surface area (Å²) in [5.74, 6) is 0.239. The first-order chi connectivity index (χ1) is 11.9. The Bertz CT molecular complexity index is 954. The first-order valence-corrected chi connectivity index (χ1v) is 9.40. The van der Waals surface area contributed by atoms with Crippen molar-refractivity contribution in [2.45, 2.75) is 23.8 Å². The lowest BCUT2D eigenvalue weighted by atomic mass is 10.2. The summed E-state index contributed by atoms with van der Waals surface area (Å²) in [4.78, 5) is 13.5. The van der Waals surface area contributed by atoms with Gasteiger partial charge in [0.05, 0.1) is 12.4 Å². The van der Waals surface area contributed by atoms with Gasteiger partial charge < -0.3 is 15.4 Å². The van der Waals surface area contributed by atoms with E-state index in [4.69, 9.17) is 10.5 Å². The van der Waals surface area contributed by atoms with Crippen LogP contribution in [0.4, 0.5) is 5.69 Å². The Labute approximate surface area is 145 Å². The van der Waals surface area contributed by atoms with Crippen LogP contribution in [0.5, 0.6) is 11.5 Å². The fourth-order valence-corrected chi connectivity index (χ4v) is 4.09. The SMILES string of the molecule is NC(=O)c1cccc(Oc2ccc3c(c2)S(=O)(=O)NCN3C2CC2)c1. The Morgan fingerprint density at radius 2 is 1.92 bits per heavy atom. The van der Waals surface area contributed by atoms with Gasteiger partial charge in [0.25, 0.3) is 0 Å². The number of amides is 1. The summed E-state index contributed by atoms with van der Waals surface area (Å²) in [6, 6.07) is 11.8. The van der Waals surface area contributed by atoms with E-state index in [1.807, 2.05) is 0 Å². The topological polar surface area (TPSA) is 102 Å². The molecule has 7 nitrogen and oxygen atoms in total. The molecule has 1 heterocycles. The van der Waals surface area contributed by atoms with Crippen molar-refractivity contribution in [2.24, 2.45) is 5.73 Å². The number of hydrogen-bond acceptors (Lipinski definition) is 5. The molecule has 1 saturated carbocycles. The number of hydrogen-bond donors (Lipinski definition) is 2. The third-order valence-electron chi connectivity index (χ3n) is 4.30. The van der Waals surface area contributed by atoms with Gasteiger partial charge in [0.2, 0.25) is 15.9 Å². The molecule has 2 aromatic carbocycles. The van der Waals surface area contributed by atoms with E-state index in [1.54, 1.807) is 30.3 Å². The Hall–Kier alpha value is -2.58. The monoisotopic (exact) mass is 359 g/mol. The van der Waals surface area contributed by atoms with Gasteiger partial charge in [-0.1, -0.05) is 6.07 Å². The number of carbonyl (C=O) groups excluding carboxylic acids is 1. The van der Waals surface area contributed by atoms with Gasteiger partial charge in [-0.15, -0.1) is 0 Å². The van der Waals surface area contributed by atoms with Crippen molar-refractivity contribution in [1.82, 2.24) is 4.72 Å². The van der Waals surface area contributed by atoms with E-state index in [0.717, 1.165) is 12.8 Å². The van der Waals surface area contributed by atoms with Crippen LogP contribution >= 0.6 is 0 Å². The Balaban J connectivity index is 1.68. The standard InChI is InChI=1S/C17H17N3O4S/c18-17(21)11-2-1-3-13(8-11)24-14-6-7-15-16(9-14)25(22,23)19-10-20(15)12-4-5-12/h1-3,6-9,12,19H,4-5,10H2,(H2,18,21). The summed E-state index contributed by atoms with van der Waals surface area (Å²) in [5.41, 5.74) is 6.28. The Kier molecular flexibility index (Phi) is 3.66. The van der Waals surface area contributed by atoms with Crippen molar-refractivity contribution in [3.8, 4) is 11.5 Å². The van der Waals surface area contributed by atoms with Crippen LogP contribution in [0.3, 0.4) is 0 Å². The number of nitrogens with one attached hydrogen (secondary N) is 1. The molecule has 4 rings (SSSR count). The molecule has 25 heavy (non-hydrogen) atoms. The third-order valence-corrected chi connectivity index (χ3v) is 5.71. The van der Waals surface area contributed by atoms with Gasteiger partial charge in [0, 0.05) is 17.7 Å². The number of nitrogens with two attached hydrogens (primary N) is 1. The highest BCUT2D eigenvalue weighted by molar-refractivity contribution is 7.89. The zero-order valence-corrected chi connectivity index (χ0v) is 14.1. The highest BCUT2D eigenvalue weighted by Gasteiger charge is 2.36. The number of sulfonamides is 1. The zero-order chi connectivity index (χ0) is 17.6. The van der Waals surface area contributed by atoms with E-state index in [0.29, 0.717) is 35.5 Å². The fourth-order valence-electron chi connectivity index (χ4n) is 2.89. The molecule has 0 saturated heterocycles. The van der Waals surface area contributed by atoms with Crippen LogP contribution < -0.4 is 20.1 Å². The van der Waals surface area contributed by atoms with Crippen molar-refractivity contribution < 1.29 is 17.9 Å². The maximum Gasteiger partial charge on any atom is 0.248 e. The summed E-state index contributed by atoms with van der Waals surface area (Å²) >= 11 is 0. The summed E-state index contributed by atoms with van der Waals surface area (Å²) in [7, 11) is -3.56. The maximum atomic E-state index is 12.4. The van der Waals surface area contributed by atoms with Gasteiger partial charge in [-0.05, 0) is 43.2 Å². The predicted molar refractivity (Wildman–Crippen MR) is 92.2 cm³/mol. The first-order valence-electron chi connectivity index (χ1n) is 7.92. The minimum absolute atomic E-state index is 0.203. The van der Waals surface area contributed by atoms with Crippen molar-refractivity contribution in [3.63, 3.8) is 0 Å². The number of fused-ring (bicyclic) bond motifs is 1. The summed E-state index contributed by atoms with van der Waals surface area (Å²) in [5, 5.41) is 0. The van der Waals surface area contributed by atoms with Crippen molar-refractivity contribution in [1.29, 1.82) is 0 Å². The lowest BCUT2D eigenvalue weighted by molar-refractivity contribution is 0.1000. The molecule has 130 valence electrons. The fraction of sp³-hybridized carbons (Fsp3) is 0.235. The minimum Gasteiger partial charge on any atom is -0.457 e. The van der Waals surface area contributed by atoms with E-state index >= 15 is 0 Å². The lowest BCUT2D eigenvalue weighted by Crippen LogP contribution is -2.44. The number of ether oxygens (including phenoxy) is 1. The maximum absolute atomic E-state index is 12.4. The van der Waals surface area contributed by atoms with Crippen LogP contribution in [0.2, 0.25) is 0 Å². The van der Waals surface area contributed by atoms with E-state index in [1.165, 1.54) is 12.1 Å². The van der Waals surface area contributed by atoms with E-state index < -0.39 is 15.9 Å². The molecule has 2 aromatic rings.